The number of rotatable bonds is 4. The van der Waals surface area contributed by atoms with Gasteiger partial charge < -0.3 is 5.32 Å². The number of ketones is 1. The van der Waals surface area contributed by atoms with Crippen LogP contribution in [0.1, 0.15) is 5.56 Å². The van der Waals surface area contributed by atoms with E-state index in [0.29, 0.717) is 13.0 Å². The Morgan fingerprint density at radius 1 is 1.20 bits per heavy atom. The van der Waals surface area contributed by atoms with Gasteiger partial charge in [-0.1, -0.05) is 18.2 Å². The molecule has 1 fully saturated rings. The van der Waals surface area contributed by atoms with E-state index >= 15 is 0 Å². The van der Waals surface area contributed by atoms with E-state index in [2.05, 4.69) is 15.2 Å². The summed E-state index contributed by atoms with van der Waals surface area (Å²) in [6.07, 6.45) is 2.28. The molecule has 1 aliphatic heterocycles. The molecular formula is C16H19N3O. The fourth-order valence-corrected chi connectivity index (χ4v) is 2.70. The van der Waals surface area contributed by atoms with Crippen LogP contribution >= 0.6 is 0 Å². The van der Waals surface area contributed by atoms with Crippen molar-refractivity contribution in [3.05, 3.63) is 42.1 Å². The Hall–Kier alpha value is -1.78. The zero-order valence-electron chi connectivity index (χ0n) is 11.5. The molecule has 1 aromatic carbocycles. The largest absolute Gasteiger partial charge is 0.314 e. The van der Waals surface area contributed by atoms with Crippen molar-refractivity contribution in [1.82, 2.24) is 15.2 Å². The number of benzene rings is 1. The maximum Gasteiger partial charge on any atom is 0.151 e. The third-order valence-corrected chi connectivity index (χ3v) is 3.74. The zero-order chi connectivity index (χ0) is 13.8. The summed E-state index contributed by atoms with van der Waals surface area (Å²) in [5.41, 5.74) is 2.04. The molecule has 1 saturated heterocycles. The number of pyridine rings is 1. The van der Waals surface area contributed by atoms with Crippen molar-refractivity contribution < 1.29 is 4.79 Å². The third-order valence-electron chi connectivity index (χ3n) is 3.74. The predicted molar refractivity (Wildman–Crippen MR) is 79.8 cm³/mol. The average Bonchev–Trinajstić information content (AvgIpc) is 2.48. The second-order valence-corrected chi connectivity index (χ2v) is 5.23. The monoisotopic (exact) mass is 269 g/mol. The first-order valence-corrected chi connectivity index (χ1v) is 7.10. The normalized spacial score (nSPS) is 16.4. The van der Waals surface area contributed by atoms with Gasteiger partial charge in [0, 0.05) is 44.2 Å². The van der Waals surface area contributed by atoms with Crippen molar-refractivity contribution in [1.29, 1.82) is 0 Å². The summed E-state index contributed by atoms with van der Waals surface area (Å²) in [5, 5.41) is 4.39. The fraction of sp³-hybridized carbons (Fsp3) is 0.375. The molecule has 4 nitrogen and oxygen atoms in total. The molecule has 2 aromatic rings. The highest BCUT2D eigenvalue weighted by Gasteiger charge is 2.14. The average molecular weight is 269 g/mol. The van der Waals surface area contributed by atoms with Gasteiger partial charge in [-0.25, -0.2) is 0 Å². The van der Waals surface area contributed by atoms with Crippen LogP contribution in [0.4, 0.5) is 0 Å². The van der Waals surface area contributed by atoms with Crippen LogP contribution in [0.2, 0.25) is 0 Å². The lowest BCUT2D eigenvalue weighted by molar-refractivity contribution is -0.119. The number of hydrogen-bond donors (Lipinski definition) is 1. The zero-order valence-corrected chi connectivity index (χ0v) is 11.5. The van der Waals surface area contributed by atoms with Gasteiger partial charge in [0.15, 0.2) is 5.78 Å². The van der Waals surface area contributed by atoms with Gasteiger partial charge >= 0.3 is 0 Å². The lowest BCUT2D eigenvalue weighted by Gasteiger charge is -2.26. The van der Waals surface area contributed by atoms with Gasteiger partial charge in [0.1, 0.15) is 0 Å². The standard InChI is InChI=1S/C16H19N3O/c20-14(12-19-9-7-17-8-10-19)11-13-5-6-18-16-4-2-1-3-15(13)16/h1-6,17H,7-12H2. The number of piperazine rings is 1. The van der Waals surface area contributed by atoms with Crippen molar-refractivity contribution in [2.24, 2.45) is 0 Å². The van der Waals surface area contributed by atoms with Gasteiger partial charge in [0.05, 0.1) is 12.1 Å². The summed E-state index contributed by atoms with van der Waals surface area (Å²) in [5.74, 6) is 0.281. The number of Topliss-reactive ketones (excluding diaryl/α,β-unsaturated/α-hetero) is 1. The third kappa shape index (κ3) is 3.03. The Labute approximate surface area is 118 Å². The molecule has 104 valence electrons. The topological polar surface area (TPSA) is 45.2 Å². The second kappa shape index (κ2) is 6.11. The minimum atomic E-state index is 0.281. The molecule has 2 heterocycles. The molecule has 1 N–H and O–H groups in total. The number of nitrogens with one attached hydrogen (secondary N) is 1. The van der Waals surface area contributed by atoms with Crippen LogP contribution in [-0.4, -0.2) is 48.4 Å². The van der Waals surface area contributed by atoms with Crippen LogP contribution in [0.5, 0.6) is 0 Å². The number of fused-ring (bicyclic) bond motifs is 1. The van der Waals surface area contributed by atoms with E-state index in [-0.39, 0.29) is 5.78 Å². The highest BCUT2D eigenvalue weighted by atomic mass is 16.1. The van der Waals surface area contributed by atoms with Crippen molar-refractivity contribution in [2.45, 2.75) is 6.42 Å². The summed E-state index contributed by atoms with van der Waals surface area (Å²) in [6, 6.07) is 9.95. The Balaban J connectivity index is 1.71. The van der Waals surface area contributed by atoms with E-state index in [9.17, 15) is 4.79 Å². The molecule has 4 heteroatoms. The van der Waals surface area contributed by atoms with Crippen molar-refractivity contribution in [3.63, 3.8) is 0 Å². The lowest BCUT2D eigenvalue weighted by atomic mass is 10.0. The molecule has 0 aliphatic carbocycles. The molecular weight excluding hydrogens is 250 g/mol. The highest BCUT2D eigenvalue weighted by molar-refractivity contribution is 5.89. The summed E-state index contributed by atoms with van der Waals surface area (Å²) < 4.78 is 0. The summed E-state index contributed by atoms with van der Waals surface area (Å²) in [4.78, 5) is 18.8. The Bertz CT molecular complexity index is 600. The molecule has 1 aliphatic rings. The van der Waals surface area contributed by atoms with Gasteiger partial charge in [0.2, 0.25) is 0 Å². The van der Waals surface area contributed by atoms with Crippen LogP contribution in [0.15, 0.2) is 36.5 Å². The van der Waals surface area contributed by atoms with E-state index in [1.807, 2.05) is 30.3 Å². The van der Waals surface area contributed by atoms with E-state index < -0.39 is 0 Å². The van der Waals surface area contributed by atoms with Crippen LogP contribution in [0, 0.1) is 0 Å². The molecule has 0 saturated carbocycles. The van der Waals surface area contributed by atoms with Crippen LogP contribution in [0.25, 0.3) is 10.9 Å². The van der Waals surface area contributed by atoms with Crippen LogP contribution in [-0.2, 0) is 11.2 Å². The first kappa shape index (κ1) is 13.2. The Kier molecular flexibility index (Phi) is 4.04. The fourth-order valence-electron chi connectivity index (χ4n) is 2.70. The van der Waals surface area contributed by atoms with Gasteiger partial charge in [-0.05, 0) is 17.7 Å². The molecule has 0 atom stereocenters. The van der Waals surface area contributed by atoms with Gasteiger partial charge in [0.25, 0.3) is 0 Å². The van der Waals surface area contributed by atoms with Crippen molar-refractivity contribution in [2.75, 3.05) is 32.7 Å². The number of para-hydroxylation sites is 1. The van der Waals surface area contributed by atoms with Gasteiger partial charge in [-0.2, -0.15) is 0 Å². The Morgan fingerprint density at radius 3 is 2.85 bits per heavy atom. The first-order chi connectivity index (χ1) is 9.83. The number of nitrogens with zero attached hydrogens (tertiary/aromatic N) is 2. The smallest absolute Gasteiger partial charge is 0.151 e. The number of hydrogen-bond acceptors (Lipinski definition) is 4. The quantitative estimate of drug-likeness (QED) is 0.907. The van der Waals surface area contributed by atoms with Gasteiger partial charge in [-0.3, -0.25) is 14.7 Å². The van der Waals surface area contributed by atoms with E-state index in [4.69, 9.17) is 0 Å². The minimum absolute atomic E-state index is 0.281. The molecule has 3 rings (SSSR count). The van der Waals surface area contributed by atoms with Crippen LogP contribution in [0.3, 0.4) is 0 Å². The van der Waals surface area contributed by atoms with Crippen molar-refractivity contribution >= 4 is 16.7 Å². The van der Waals surface area contributed by atoms with Crippen molar-refractivity contribution in [3.8, 4) is 0 Å². The molecule has 0 amide bonds. The van der Waals surface area contributed by atoms with Crippen LogP contribution < -0.4 is 5.32 Å². The molecule has 20 heavy (non-hydrogen) atoms. The van der Waals surface area contributed by atoms with E-state index in [1.54, 1.807) is 6.20 Å². The second-order valence-electron chi connectivity index (χ2n) is 5.23. The highest BCUT2D eigenvalue weighted by Crippen LogP contribution is 2.16. The summed E-state index contributed by atoms with van der Waals surface area (Å²) in [7, 11) is 0. The first-order valence-electron chi connectivity index (χ1n) is 7.10. The summed E-state index contributed by atoms with van der Waals surface area (Å²) in [6.45, 7) is 4.43. The molecule has 0 spiro atoms. The molecule has 1 aromatic heterocycles. The molecule has 0 unspecified atom stereocenters. The SMILES string of the molecule is O=C(Cc1ccnc2ccccc12)CN1CCNCC1. The number of carbonyl (C=O) groups excluding carboxylic acids is 1. The molecule has 0 radical (unpaired) electrons. The Morgan fingerprint density at radius 2 is 2.00 bits per heavy atom. The van der Waals surface area contributed by atoms with Gasteiger partial charge in [-0.15, -0.1) is 0 Å². The maximum absolute atomic E-state index is 12.2. The minimum Gasteiger partial charge on any atom is -0.314 e. The maximum atomic E-state index is 12.2. The van der Waals surface area contributed by atoms with E-state index in [1.165, 1.54) is 0 Å². The summed E-state index contributed by atoms with van der Waals surface area (Å²) >= 11 is 0. The molecule has 0 bridgehead atoms. The number of aromatic nitrogens is 1. The lowest BCUT2D eigenvalue weighted by Crippen LogP contribution is -2.45. The van der Waals surface area contributed by atoms with E-state index in [0.717, 1.165) is 42.6 Å². The number of carbonyl (C=O) groups is 1. The predicted octanol–water partition coefficient (Wildman–Crippen LogP) is 1.25.